The average Bonchev–Trinajstić information content (AvgIpc) is 2.48. The van der Waals surface area contributed by atoms with E-state index in [0.29, 0.717) is 10.0 Å². The Morgan fingerprint density at radius 2 is 1.75 bits per heavy atom. The second kappa shape index (κ2) is 6.60. The van der Waals surface area contributed by atoms with Crippen LogP contribution in [0.15, 0.2) is 61.2 Å². The quantitative estimate of drug-likeness (QED) is 0.834. The molecule has 1 unspecified atom stereocenters. The Kier molecular flexibility index (Phi) is 4.83. The Balaban J connectivity index is 2.42. The van der Waals surface area contributed by atoms with Crippen LogP contribution in [-0.2, 0) is 4.79 Å². The van der Waals surface area contributed by atoms with E-state index in [0.717, 1.165) is 11.1 Å². The van der Waals surface area contributed by atoms with E-state index in [2.05, 4.69) is 11.9 Å². The van der Waals surface area contributed by atoms with Gasteiger partial charge in [-0.05, 0) is 29.3 Å². The first-order valence-electron chi connectivity index (χ1n) is 6.04. The Hall–Kier alpha value is -1.77. The molecule has 0 aliphatic heterocycles. The maximum atomic E-state index is 11.6. The van der Waals surface area contributed by atoms with Crippen LogP contribution in [0.2, 0.25) is 10.0 Å². The number of amides is 1. The van der Waals surface area contributed by atoms with Gasteiger partial charge in [-0.25, -0.2) is 0 Å². The van der Waals surface area contributed by atoms with Crippen LogP contribution in [0.3, 0.4) is 0 Å². The summed E-state index contributed by atoms with van der Waals surface area (Å²) in [6.45, 7) is 3.47. The Bertz CT molecular complexity index is 626. The zero-order valence-electron chi connectivity index (χ0n) is 10.6. The average molecular weight is 306 g/mol. The summed E-state index contributed by atoms with van der Waals surface area (Å²) in [5, 5.41) is 3.83. The SMILES string of the molecule is C=CC(=O)NC(c1ccccc1)c1ccc(Cl)c(Cl)c1. The van der Waals surface area contributed by atoms with Crippen LogP contribution in [0.5, 0.6) is 0 Å². The van der Waals surface area contributed by atoms with Crippen LogP contribution in [0.1, 0.15) is 17.2 Å². The molecule has 1 N–H and O–H groups in total. The predicted octanol–water partition coefficient (Wildman–Crippen LogP) is 4.39. The zero-order valence-corrected chi connectivity index (χ0v) is 12.2. The van der Waals surface area contributed by atoms with Gasteiger partial charge < -0.3 is 5.32 Å². The highest BCUT2D eigenvalue weighted by atomic mass is 35.5. The van der Waals surface area contributed by atoms with Crippen LogP contribution in [0, 0.1) is 0 Å². The molecule has 0 heterocycles. The number of halogens is 2. The smallest absolute Gasteiger partial charge is 0.244 e. The highest BCUT2D eigenvalue weighted by Crippen LogP contribution is 2.28. The molecular formula is C16H13Cl2NO. The molecule has 0 saturated carbocycles. The first-order valence-corrected chi connectivity index (χ1v) is 6.80. The highest BCUT2D eigenvalue weighted by Gasteiger charge is 2.16. The van der Waals surface area contributed by atoms with E-state index in [9.17, 15) is 4.79 Å². The first-order chi connectivity index (χ1) is 9.61. The standard InChI is InChI=1S/C16H13Cl2NO/c1-2-15(20)19-16(11-6-4-3-5-7-11)12-8-9-13(17)14(18)10-12/h2-10,16H,1H2,(H,19,20). The van der Waals surface area contributed by atoms with Crippen molar-refractivity contribution in [1.29, 1.82) is 0 Å². The molecule has 2 rings (SSSR count). The van der Waals surface area contributed by atoms with Gasteiger partial charge in [-0.1, -0.05) is 66.2 Å². The van der Waals surface area contributed by atoms with Crippen molar-refractivity contribution in [2.75, 3.05) is 0 Å². The van der Waals surface area contributed by atoms with Crippen molar-refractivity contribution in [3.05, 3.63) is 82.4 Å². The Morgan fingerprint density at radius 3 is 2.35 bits per heavy atom. The van der Waals surface area contributed by atoms with E-state index in [1.807, 2.05) is 36.4 Å². The van der Waals surface area contributed by atoms with Crippen LogP contribution < -0.4 is 5.32 Å². The molecule has 0 aliphatic rings. The topological polar surface area (TPSA) is 29.1 Å². The highest BCUT2D eigenvalue weighted by molar-refractivity contribution is 6.42. The van der Waals surface area contributed by atoms with E-state index in [1.54, 1.807) is 12.1 Å². The van der Waals surface area contributed by atoms with Gasteiger partial charge in [0.05, 0.1) is 16.1 Å². The van der Waals surface area contributed by atoms with Crippen LogP contribution in [-0.4, -0.2) is 5.91 Å². The van der Waals surface area contributed by atoms with Crippen molar-refractivity contribution in [1.82, 2.24) is 5.32 Å². The molecule has 1 amide bonds. The minimum Gasteiger partial charge on any atom is -0.342 e. The summed E-state index contributed by atoms with van der Waals surface area (Å²) in [5.74, 6) is -0.245. The number of hydrogen-bond acceptors (Lipinski definition) is 1. The molecule has 0 aromatic heterocycles. The van der Waals surface area contributed by atoms with Gasteiger partial charge in [-0.15, -0.1) is 0 Å². The van der Waals surface area contributed by atoms with E-state index in [4.69, 9.17) is 23.2 Å². The van der Waals surface area contributed by atoms with Gasteiger partial charge in [0.1, 0.15) is 0 Å². The number of hydrogen-bond donors (Lipinski definition) is 1. The van der Waals surface area contributed by atoms with Crippen molar-refractivity contribution in [2.24, 2.45) is 0 Å². The molecule has 2 nitrogen and oxygen atoms in total. The van der Waals surface area contributed by atoms with Gasteiger partial charge in [0.25, 0.3) is 0 Å². The summed E-state index contributed by atoms with van der Waals surface area (Å²) in [6, 6.07) is 14.7. The molecule has 2 aromatic rings. The summed E-state index contributed by atoms with van der Waals surface area (Å²) < 4.78 is 0. The van der Waals surface area contributed by atoms with Gasteiger partial charge in [-0.3, -0.25) is 4.79 Å². The summed E-state index contributed by atoms with van der Waals surface area (Å²) in [5.41, 5.74) is 1.82. The lowest BCUT2D eigenvalue weighted by molar-refractivity contribution is -0.116. The summed E-state index contributed by atoms with van der Waals surface area (Å²) in [7, 11) is 0. The number of nitrogens with one attached hydrogen (secondary N) is 1. The van der Waals surface area contributed by atoms with Crippen molar-refractivity contribution in [3.8, 4) is 0 Å². The van der Waals surface area contributed by atoms with Crippen LogP contribution in [0.25, 0.3) is 0 Å². The van der Waals surface area contributed by atoms with Crippen LogP contribution in [0.4, 0.5) is 0 Å². The number of carbonyl (C=O) groups is 1. The molecule has 0 bridgehead atoms. The molecule has 4 heteroatoms. The third kappa shape index (κ3) is 3.41. The molecule has 0 saturated heterocycles. The van der Waals surface area contributed by atoms with Gasteiger partial charge in [-0.2, -0.15) is 0 Å². The van der Waals surface area contributed by atoms with Crippen molar-refractivity contribution in [2.45, 2.75) is 6.04 Å². The monoisotopic (exact) mass is 305 g/mol. The zero-order chi connectivity index (χ0) is 14.5. The minimum atomic E-state index is -0.295. The molecule has 20 heavy (non-hydrogen) atoms. The van der Waals surface area contributed by atoms with E-state index >= 15 is 0 Å². The third-order valence-corrected chi connectivity index (χ3v) is 3.62. The van der Waals surface area contributed by atoms with E-state index in [-0.39, 0.29) is 11.9 Å². The lowest BCUT2D eigenvalue weighted by Gasteiger charge is -2.19. The summed E-state index contributed by atoms with van der Waals surface area (Å²) >= 11 is 12.0. The lowest BCUT2D eigenvalue weighted by Crippen LogP contribution is -2.27. The van der Waals surface area contributed by atoms with Crippen molar-refractivity contribution < 1.29 is 4.79 Å². The number of benzene rings is 2. The maximum absolute atomic E-state index is 11.6. The van der Waals surface area contributed by atoms with Crippen molar-refractivity contribution >= 4 is 29.1 Å². The largest absolute Gasteiger partial charge is 0.342 e. The fourth-order valence-electron chi connectivity index (χ4n) is 1.90. The molecule has 1 atom stereocenters. The molecule has 102 valence electrons. The summed E-state index contributed by atoms with van der Waals surface area (Å²) in [4.78, 5) is 11.6. The molecular weight excluding hydrogens is 293 g/mol. The van der Waals surface area contributed by atoms with Gasteiger partial charge in [0.15, 0.2) is 0 Å². The van der Waals surface area contributed by atoms with Gasteiger partial charge in [0, 0.05) is 0 Å². The van der Waals surface area contributed by atoms with E-state index < -0.39 is 0 Å². The van der Waals surface area contributed by atoms with Crippen molar-refractivity contribution in [3.63, 3.8) is 0 Å². The molecule has 0 aliphatic carbocycles. The fraction of sp³-hybridized carbons (Fsp3) is 0.0625. The molecule has 2 aromatic carbocycles. The lowest BCUT2D eigenvalue weighted by atomic mass is 9.98. The minimum absolute atomic E-state index is 0.245. The van der Waals surface area contributed by atoms with Crippen LogP contribution >= 0.6 is 23.2 Å². The normalized spacial score (nSPS) is 11.7. The second-order valence-electron chi connectivity index (χ2n) is 4.23. The van der Waals surface area contributed by atoms with E-state index in [1.165, 1.54) is 6.08 Å². The van der Waals surface area contributed by atoms with Gasteiger partial charge >= 0.3 is 0 Å². The predicted molar refractivity (Wildman–Crippen MR) is 83.1 cm³/mol. The molecule has 0 fully saturated rings. The third-order valence-electron chi connectivity index (χ3n) is 2.88. The summed E-state index contributed by atoms with van der Waals surface area (Å²) in [6.07, 6.45) is 1.24. The second-order valence-corrected chi connectivity index (χ2v) is 5.04. The maximum Gasteiger partial charge on any atom is 0.244 e. The number of carbonyl (C=O) groups excluding carboxylic acids is 1. The molecule has 0 radical (unpaired) electrons. The number of rotatable bonds is 4. The Morgan fingerprint density at radius 1 is 1.05 bits per heavy atom. The fourth-order valence-corrected chi connectivity index (χ4v) is 2.20. The molecule has 0 spiro atoms. The Labute approximate surface area is 128 Å². The van der Waals surface area contributed by atoms with Gasteiger partial charge in [0.2, 0.25) is 5.91 Å². The first kappa shape index (κ1) is 14.6.